The summed E-state index contributed by atoms with van der Waals surface area (Å²) in [4.78, 5) is 35.2. The number of hydrogen-bond donors (Lipinski definition) is 3. The Balaban J connectivity index is 1.83. The lowest BCUT2D eigenvalue weighted by Crippen LogP contribution is -2.38. The number of para-hydroxylation sites is 1. The van der Waals surface area contributed by atoms with Crippen molar-refractivity contribution in [2.45, 2.75) is 19.3 Å². The van der Waals surface area contributed by atoms with E-state index in [1.165, 1.54) is 12.1 Å². The summed E-state index contributed by atoms with van der Waals surface area (Å²) in [6.45, 7) is 0. The average Bonchev–Trinajstić information content (AvgIpc) is 3.08. The summed E-state index contributed by atoms with van der Waals surface area (Å²) in [5, 5.41) is 21.2. The van der Waals surface area contributed by atoms with Gasteiger partial charge in [-0.2, -0.15) is 0 Å². The molecular weight excluding hydrogens is 286 g/mol. The van der Waals surface area contributed by atoms with Crippen LogP contribution < -0.4 is 5.32 Å². The molecule has 6 heteroatoms. The summed E-state index contributed by atoms with van der Waals surface area (Å²) >= 11 is 0. The molecule has 3 rings (SSSR count). The molecule has 1 aromatic carbocycles. The maximum absolute atomic E-state index is 12.5. The van der Waals surface area contributed by atoms with Crippen LogP contribution in [0.3, 0.4) is 0 Å². The second kappa shape index (κ2) is 5.44. The van der Waals surface area contributed by atoms with Crippen molar-refractivity contribution in [1.29, 1.82) is 0 Å². The zero-order chi connectivity index (χ0) is 15.9. The van der Waals surface area contributed by atoms with E-state index in [4.69, 9.17) is 5.11 Å². The van der Waals surface area contributed by atoms with Crippen LogP contribution in [0.15, 0.2) is 24.3 Å². The first-order valence-electron chi connectivity index (χ1n) is 7.35. The number of fused-ring (bicyclic) bond motifs is 2. The van der Waals surface area contributed by atoms with Gasteiger partial charge >= 0.3 is 11.9 Å². The van der Waals surface area contributed by atoms with Gasteiger partial charge in [0.25, 0.3) is 0 Å². The standard InChI is InChI=1S/C16H17NO5/c18-14(17-11-4-2-1-3-10(11)15(19)20)12-8-5-6-9(7-8)13(12)16(21)22/h1-4,8-9,12-13H,5-7H2,(H,17,18)(H,19,20)(H,21,22). The van der Waals surface area contributed by atoms with E-state index in [1.807, 2.05) is 0 Å². The molecule has 2 aliphatic rings. The van der Waals surface area contributed by atoms with Gasteiger partial charge in [-0.1, -0.05) is 12.1 Å². The Kier molecular flexibility index (Phi) is 3.60. The number of rotatable bonds is 4. The molecule has 0 aliphatic heterocycles. The van der Waals surface area contributed by atoms with Gasteiger partial charge in [0.05, 0.1) is 23.1 Å². The molecule has 0 aromatic heterocycles. The molecule has 4 atom stereocenters. The maximum Gasteiger partial charge on any atom is 0.337 e. The van der Waals surface area contributed by atoms with Crippen LogP contribution in [0.25, 0.3) is 0 Å². The number of carbonyl (C=O) groups excluding carboxylic acids is 1. The van der Waals surface area contributed by atoms with Crippen molar-refractivity contribution in [3.05, 3.63) is 29.8 Å². The molecule has 2 fully saturated rings. The molecule has 2 bridgehead atoms. The number of aliphatic carboxylic acids is 1. The minimum Gasteiger partial charge on any atom is -0.481 e. The normalized spacial score (nSPS) is 29.3. The fraction of sp³-hybridized carbons (Fsp3) is 0.438. The monoisotopic (exact) mass is 303 g/mol. The van der Waals surface area contributed by atoms with E-state index in [0.717, 1.165) is 19.3 Å². The Hall–Kier alpha value is -2.37. The fourth-order valence-electron chi connectivity index (χ4n) is 4.02. The highest BCUT2D eigenvalue weighted by Crippen LogP contribution is 2.52. The topological polar surface area (TPSA) is 104 Å². The largest absolute Gasteiger partial charge is 0.481 e. The van der Waals surface area contributed by atoms with Crippen molar-refractivity contribution in [1.82, 2.24) is 0 Å². The zero-order valence-electron chi connectivity index (χ0n) is 11.9. The molecule has 2 saturated carbocycles. The summed E-state index contributed by atoms with van der Waals surface area (Å²) in [5.74, 6) is -3.52. The summed E-state index contributed by atoms with van der Waals surface area (Å²) < 4.78 is 0. The van der Waals surface area contributed by atoms with Gasteiger partial charge in [-0.25, -0.2) is 4.79 Å². The molecule has 0 heterocycles. The van der Waals surface area contributed by atoms with Crippen LogP contribution in [0, 0.1) is 23.7 Å². The number of carboxylic acid groups (broad SMARTS) is 2. The number of anilines is 1. The molecule has 0 radical (unpaired) electrons. The SMILES string of the molecule is O=C(O)c1ccccc1NC(=O)C1C2CCC(C2)C1C(=O)O. The summed E-state index contributed by atoms with van der Waals surface area (Å²) in [5.41, 5.74) is 0.220. The lowest BCUT2D eigenvalue weighted by atomic mass is 9.78. The van der Waals surface area contributed by atoms with Crippen LogP contribution in [0.4, 0.5) is 5.69 Å². The van der Waals surface area contributed by atoms with Crippen LogP contribution in [-0.2, 0) is 9.59 Å². The quantitative estimate of drug-likeness (QED) is 0.790. The molecule has 3 N–H and O–H groups in total. The lowest BCUT2D eigenvalue weighted by molar-refractivity contribution is -0.148. The molecule has 6 nitrogen and oxygen atoms in total. The number of amides is 1. The first-order chi connectivity index (χ1) is 10.5. The maximum atomic E-state index is 12.5. The highest BCUT2D eigenvalue weighted by Gasteiger charge is 2.54. The fourth-order valence-corrected chi connectivity index (χ4v) is 4.02. The van der Waals surface area contributed by atoms with Crippen LogP contribution >= 0.6 is 0 Å². The molecule has 1 amide bonds. The van der Waals surface area contributed by atoms with Crippen molar-refractivity contribution in [3.8, 4) is 0 Å². The van der Waals surface area contributed by atoms with E-state index in [-0.39, 0.29) is 29.0 Å². The van der Waals surface area contributed by atoms with Gasteiger partial charge in [-0.05, 0) is 43.2 Å². The lowest BCUT2D eigenvalue weighted by Gasteiger charge is -2.27. The highest BCUT2D eigenvalue weighted by atomic mass is 16.4. The van der Waals surface area contributed by atoms with Gasteiger partial charge < -0.3 is 15.5 Å². The zero-order valence-corrected chi connectivity index (χ0v) is 11.9. The number of hydrogen-bond acceptors (Lipinski definition) is 3. The van der Waals surface area contributed by atoms with Gasteiger partial charge in [0.15, 0.2) is 0 Å². The van der Waals surface area contributed by atoms with E-state index in [1.54, 1.807) is 12.1 Å². The molecule has 4 unspecified atom stereocenters. The number of benzene rings is 1. The second-order valence-electron chi connectivity index (χ2n) is 6.06. The van der Waals surface area contributed by atoms with Gasteiger partial charge in [0, 0.05) is 0 Å². The Labute approximate surface area is 127 Å². The van der Waals surface area contributed by atoms with Crippen molar-refractivity contribution in [2.75, 3.05) is 5.32 Å². The van der Waals surface area contributed by atoms with E-state index < -0.39 is 23.8 Å². The Bertz CT molecular complexity index is 641. The van der Waals surface area contributed by atoms with E-state index in [2.05, 4.69) is 5.32 Å². The minimum absolute atomic E-state index is 0.00545. The van der Waals surface area contributed by atoms with Crippen LogP contribution in [0.1, 0.15) is 29.6 Å². The third-order valence-corrected chi connectivity index (χ3v) is 4.92. The molecular formula is C16H17NO5. The first kappa shape index (κ1) is 14.6. The predicted octanol–water partition coefficient (Wildman–Crippen LogP) is 2.07. The summed E-state index contributed by atoms with van der Waals surface area (Å²) in [6, 6.07) is 6.14. The second-order valence-corrected chi connectivity index (χ2v) is 6.06. The van der Waals surface area contributed by atoms with Crippen molar-refractivity contribution >= 4 is 23.5 Å². The Morgan fingerprint density at radius 2 is 1.64 bits per heavy atom. The molecule has 1 aromatic rings. The van der Waals surface area contributed by atoms with E-state index in [9.17, 15) is 19.5 Å². The Morgan fingerprint density at radius 1 is 1.00 bits per heavy atom. The average molecular weight is 303 g/mol. The van der Waals surface area contributed by atoms with Gasteiger partial charge in [0.2, 0.25) is 5.91 Å². The number of aromatic carboxylic acids is 1. The molecule has 0 spiro atoms. The number of nitrogens with one attached hydrogen (secondary N) is 1. The molecule has 0 saturated heterocycles. The molecule has 2 aliphatic carbocycles. The number of carbonyl (C=O) groups is 3. The molecule has 116 valence electrons. The van der Waals surface area contributed by atoms with Gasteiger partial charge in [-0.15, -0.1) is 0 Å². The van der Waals surface area contributed by atoms with Crippen molar-refractivity contribution in [3.63, 3.8) is 0 Å². The smallest absolute Gasteiger partial charge is 0.337 e. The van der Waals surface area contributed by atoms with Crippen molar-refractivity contribution in [2.24, 2.45) is 23.7 Å². The van der Waals surface area contributed by atoms with Crippen molar-refractivity contribution < 1.29 is 24.6 Å². The van der Waals surface area contributed by atoms with E-state index in [0.29, 0.717) is 0 Å². The summed E-state index contributed by atoms with van der Waals surface area (Å²) in [6.07, 6.45) is 2.50. The van der Waals surface area contributed by atoms with E-state index >= 15 is 0 Å². The summed E-state index contributed by atoms with van der Waals surface area (Å²) in [7, 11) is 0. The van der Waals surface area contributed by atoms with Crippen LogP contribution in [-0.4, -0.2) is 28.1 Å². The van der Waals surface area contributed by atoms with Gasteiger partial charge in [0.1, 0.15) is 0 Å². The first-order valence-corrected chi connectivity index (χ1v) is 7.35. The van der Waals surface area contributed by atoms with Gasteiger partial charge in [-0.3, -0.25) is 9.59 Å². The third-order valence-electron chi connectivity index (χ3n) is 4.92. The predicted molar refractivity (Wildman–Crippen MR) is 77.5 cm³/mol. The van der Waals surface area contributed by atoms with Crippen LogP contribution in [0.5, 0.6) is 0 Å². The van der Waals surface area contributed by atoms with Crippen LogP contribution in [0.2, 0.25) is 0 Å². The highest BCUT2D eigenvalue weighted by molar-refractivity contribution is 6.02. The third kappa shape index (κ3) is 2.34. The minimum atomic E-state index is -1.13. The Morgan fingerprint density at radius 3 is 2.27 bits per heavy atom. The molecule has 22 heavy (non-hydrogen) atoms. The number of carboxylic acids is 2.